The summed E-state index contributed by atoms with van der Waals surface area (Å²) in [6, 6.07) is 2.91. The van der Waals surface area contributed by atoms with Crippen molar-refractivity contribution >= 4 is 64.6 Å². The summed E-state index contributed by atoms with van der Waals surface area (Å²) in [5.41, 5.74) is 26.3. The lowest BCUT2D eigenvalue weighted by Crippen LogP contribution is -2.59. The normalized spacial score (nSPS) is 15.5. The number of allylic oxidation sites excluding steroid dienone is 1. The summed E-state index contributed by atoms with van der Waals surface area (Å²) >= 11 is 1.68. The van der Waals surface area contributed by atoms with Crippen molar-refractivity contribution in [2.24, 2.45) is 45.7 Å². The van der Waals surface area contributed by atoms with Crippen LogP contribution in [0, 0.1) is 23.2 Å². The number of benzene rings is 1. The molecule has 8 unspecified atom stereocenters. The van der Waals surface area contributed by atoms with Crippen molar-refractivity contribution in [3.05, 3.63) is 41.5 Å². The van der Waals surface area contributed by atoms with Gasteiger partial charge in [-0.05, 0) is 130 Å². The van der Waals surface area contributed by atoms with Crippen LogP contribution in [-0.4, -0.2) is 109 Å². The molecule has 0 aliphatic heterocycles. The van der Waals surface area contributed by atoms with Gasteiger partial charge in [0.2, 0.25) is 35.4 Å². The summed E-state index contributed by atoms with van der Waals surface area (Å²) in [6.07, 6.45) is 26.0. The second-order valence-electron chi connectivity index (χ2n) is 23.4. The fourth-order valence-electron chi connectivity index (χ4n) is 10.6. The Labute approximate surface area is 498 Å². The van der Waals surface area contributed by atoms with Crippen molar-refractivity contribution in [3.8, 4) is 0 Å². The first-order valence-corrected chi connectivity index (χ1v) is 32.9. The van der Waals surface area contributed by atoms with Crippen LogP contribution in [0.3, 0.4) is 0 Å². The van der Waals surface area contributed by atoms with E-state index in [1.54, 1.807) is 11.8 Å². The highest BCUT2D eigenvalue weighted by molar-refractivity contribution is 7.98. The lowest BCUT2D eigenvalue weighted by atomic mass is 9.80. The van der Waals surface area contributed by atoms with Crippen molar-refractivity contribution < 1.29 is 28.8 Å². The predicted octanol–water partition coefficient (Wildman–Crippen LogP) is 8.74. The fourth-order valence-corrected chi connectivity index (χ4v) is 11.0. The zero-order valence-electron chi connectivity index (χ0n) is 51.6. The Hall–Kier alpha value is -5.17. The third-order valence-electron chi connectivity index (χ3n) is 15.9. The van der Waals surface area contributed by atoms with E-state index in [2.05, 4.69) is 68.9 Å². The molecule has 0 saturated heterocycles. The number of aliphatic imine (C=N–C) groups is 1. The van der Waals surface area contributed by atoms with Crippen LogP contribution in [0.15, 0.2) is 35.3 Å². The van der Waals surface area contributed by atoms with Crippen LogP contribution in [0.5, 0.6) is 0 Å². The second-order valence-corrected chi connectivity index (χ2v) is 24.4. The number of rotatable bonds is 47. The third-order valence-corrected chi connectivity index (χ3v) is 16.6. The Morgan fingerprint density at radius 1 is 0.634 bits per heavy atom. The highest BCUT2D eigenvalue weighted by Gasteiger charge is 2.34. The number of unbranched alkanes of at least 4 members (excludes halogenated alkanes) is 13. The Kier molecular flexibility index (Phi) is 38.7. The van der Waals surface area contributed by atoms with Gasteiger partial charge in [-0.25, -0.2) is 0 Å². The highest BCUT2D eigenvalue weighted by Crippen LogP contribution is 2.38. The minimum atomic E-state index is -1.19. The van der Waals surface area contributed by atoms with Crippen molar-refractivity contribution in [1.29, 1.82) is 5.41 Å². The van der Waals surface area contributed by atoms with Gasteiger partial charge in [0.1, 0.15) is 30.2 Å². The molecule has 19 heteroatoms. The smallest absolute Gasteiger partial charge is 0.243 e. The van der Waals surface area contributed by atoms with Crippen LogP contribution in [0.2, 0.25) is 0 Å². The number of nitrogens with one attached hydrogen (secondary N) is 7. The molecule has 82 heavy (non-hydrogen) atoms. The Morgan fingerprint density at radius 2 is 1.17 bits per heavy atom. The van der Waals surface area contributed by atoms with Gasteiger partial charge < -0.3 is 54.8 Å². The molecule has 0 heterocycles. The van der Waals surface area contributed by atoms with Crippen LogP contribution in [-0.2, 0) is 28.8 Å². The van der Waals surface area contributed by atoms with E-state index in [-0.39, 0.29) is 86.4 Å². The first-order valence-electron chi connectivity index (χ1n) is 31.5. The minimum Gasteiger partial charge on any atom is -0.387 e. The van der Waals surface area contributed by atoms with Gasteiger partial charge in [0.05, 0.1) is 5.84 Å². The van der Waals surface area contributed by atoms with Gasteiger partial charge in [0, 0.05) is 31.8 Å². The Bertz CT molecular complexity index is 2100. The molecule has 6 amide bonds. The SMILES string of the molecule is CCCCCCCCCCCCCCCC(=O)NC(CCCC(C)C(C)C(=N)N)C(=O)NC(CC(C)C)C(=O)NC(CCCN=C(N)N)C(=O)NC(CCCCN)C(=O)NC(CC1=CCC(CC)c2ccccc21)C(=O)NCCCSC. The van der Waals surface area contributed by atoms with E-state index >= 15 is 0 Å². The number of carbonyl (C=O) groups is 6. The van der Waals surface area contributed by atoms with Crippen molar-refractivity contribution in [2.45, 2.75) is 251 Å². The summed E-state index contributed by atoms with van der Waals surface area (Å²) in [4.78, 5) is 89.8. The number of nitrogens with two attached hydrogens (primary N) is 4. The number of carbonyl (C=O) groups excluding carboxylic acids is 6. The van der Waals surface area contributed by atoms with Crippen molar-refractivity contribution in [2.75, 3.05) is 31.6 Å². The molecule has 1 aliphatic carbocycles. The molecule has 1 aromatic rings. The number of hydrogen-bond acceptors (Lipinski definition) is 10. The second kappa shape index (κ2) is 43.5. The molecule has 0 spiro atoms. The molecule has 18 nitrogen and oxygen atoms in total. The van der Waals surface area contributed by atoms with Crippen LogP contribution in [0.25, 0.3) is 5.57 Å². The average Bonchev–Trinajstić information content (AvgIpc) is 3.65. The minimum absolute atomic E-state index is 0.0651. The summed E-state index contributed by atoms with van der Waals surface area (Å²) < 4.78 is 0. The molecule has 0 aromatic heterocycles. The first-order chi connectivity index (χ1) is 39.4. The molecular weight excluding hydrogens is 1050 g/mol. The predicted molar refractivity (Wildman–Crippen MR) is 339 cm³/mol. The molecule has 0 fully saturated rings. The number of thioether (sulfide) groups is 1. The van der Waals surface area contributed by atoms with E-state index in [1.807, 2.05) is 46.1 Å². The van der Waals surface area contributed by atoms with Gasteiger partial charge in [0.15, 0.2) is 5.96 Å². The third kappa shape index (κ3) is 30.4. The van der Waals surface area contributed by atoms with E-state index in [1.165, 1.54) is 63.4 Å². The van der Waals surface area contributed by atoms with E-state index in [0.29, 0.717) is 57.5 Å². The molecule has 0 radical (unpaired) electrons. The highest BCUT2D eigenvalue weighted by atomic mass is 32.2. The molecule has 1 aromatic carbocycles. The Balaban J connectivity index is 2.36. The van der Waals surface area contributed by atoms with Crippen LogP contribution >= 0.6 is 11.8 Å². The quantitative estimate of drug-likeness (QED) is 0.0166. The molecule has 0 bridgehead atoms. The number of hydrogen-bond donors (Lipinski definition) is 11. The Morgan fingerprint density at radius 3 is 1.73 bits per heavy atom. The van der Waals surface area contributed by atoms with E-state index < -0.39 is 53.8 Å². The van der Waals surface area contributed by atoms with E-state index in [9.17, 15) is 28.8 Å². The van der Waals surface area contributed by atoms with Crippen LogP contribution < -0.4 is 54.8 Å². The summed E-state index contributed by atoms with van der Waals surface area (Å²) in [5.74, 6) is -1.86. The van der Waals surface area contributed by atoms with Gasteiger partial charge in [0.25, 0.3) is 0 Å². The zero-order valence-corrected chi connectivity index (χ0v) is 52.4. The topological polar surface area (TPSA) is 315 Å². The van der Waals surface area contributed by atoms with E-state index in [4.69, 9.17) is 28.3 Å². The molecule has 2 rings (SSSR count). The molecule has 8 atom stereocenters. The van der Waals surface area contributed by atoms with Gasteiger partial charge in [-0.1, -0.05) is 155 Å². The van der Waals surface area contributed by atoms with Crippen molar-refractivity contribution in [3.63, 3.8) is 0 Å². The van der Waals surface area contributed by atoms with Gasteiger partial charge in [-0.3, -0.25) is 39.2 Å². The molecular formula is C63H112N12O6S. The summed E-state index contributed by atoms with van der Waals surface area (Å²) in [7, 11) is 0. The van der Waals surface area contributed by atoms with Gasteiger partial charge in [-0.2, -0.15) is 11.8 Å². The maximum atomic E-state index is 14.6. The fraction of sp³-hybridized carbons (Fsp3) is 0.746. The molecule has 1 aliphatic rings. The van der Waals surface area contributed by atoms with Crippen molar-refractivity contribution in [1.82, 2.24) is 31.9 Å². The largest absolute Gasteiger partial charge is 0.387 e. The zero-order chi connectivity index (χ0) is 60.7. The molecule has 0 saturated carbocycles. The number of fused-ring (bicyclic) bond motifs is 1. The molecule has 15 N–H and O–H groups in total. The number of nitrogens with zero attached hydrogens (tertiary/aromatic N) is 1. The van der Waals surface area contributed by atoms with Gasteiger partial charge >= 0.3 is 0 Å². The van der Waals surface area contributed by atoms with E-state index in [0.717, 1.165) is 55.4 Å². The lowest BCUT2D eigenvalue weighted by Gasteiger charge is -2.29. The number of guanidine groups is 1. The standard InChI is InChI=1S/C63H112N12O6S/c1-8-10-11-12-13-14-15-16-17-18-19-20-21-35-56(76)71-51(33-26-29-45(5)46(6)57(65)66)59(78)74-54(42-44(3)4)62(81)73-53(34-27-39-70-63(67)68)60(79)72-52(32-24-25-38-64)61(80)75-55(58(77)69-40-28-41-82-7)43-48-37-36-47(9-2)49-30-22-23-31-50(48)49/h22-23,30-31,37,44-47,51-55H,8-21,24-29,32-36,38-43,64H2,1-7H3,(H3,65,66)(H,69,77)(H,71,76)(H,72,79)(H,73,81)(H,74,78)(H,75,80)(H4,67,68,70). The van der Waals surface area contributed by atoms with Gasteiger partial charge in [-0.15, -0.1) is 0 Å². The lowest BCUT2D eigenvalue weighted by molar-refractivity contribution is -0.135. The summed E-state index contributed by atoms with van der Waals surface area (Å²) in [6.45, 7) is 13.1. The maximum Gasteiger partial charge on any atom is 0.243 e. The van der Waals surface area contributed by atoms with Crippen LogP contribution in [0.1, 0.15) is 232 Å². The number of amidine groups is 1. The summed E-state index contributed by atoms with van der Waals surface area (Å²) in [5, 5.41) is 25.8. The maximum absolute atomic E-state index is 14.6. The van der Waals surface area contributed by atoms with Crippen LogP contribution in [0.4, 0.5) is 0 Å². The average molecular weight is 1170 g/mol. The first kappa shape index (κ1) is 72.9. The molecule has 466 valence electrons. The monoisotopic (exact) mass is 1160 g/mol. The number of amides is 6.